The Morgan fingerprint density at radius 3 is 3.04 bits per heavy atom. The first kappa shape index (κ1) is 15.4. The van der Waals surface area contributed by atoms with Gasteiger partial charge in [0.05, 0.1) is 0 Å². The molecule has 0 spiro atoms. The van der Waals surface area contributed by atoms with Crippen LogP contribution in [0.3, 0.4) is 0 Å². The lowest BCUT2D eigenvalue weighted by molar-refractivity contribution is -0.130. The van der Waals surface area contributed by atoms with E-state index < -0.39 is 0 Å². The number of fused-ring (bicyclic) bond motifs is 1. The Morgan fingerprint density at radius 1 is 1.24 bits per heavy atom. The van der Waals surface area contributed by atoms with Crippen molar-refractivity contribution in [1.29, 1.82) is 0 Å². The Morgan fingerprint density at radius 2 is 2.16 bits per heavy atom. The molecule has 4 rings (SSSR count). The Kier molecular flexibility index (Phi) is 3.93. The van der Waals surface area contributed by atoms with Crippen LogP contribution in [0.5, 0.6) is 0 Å². The van der Waals surface area contributed by atoms with Crippen molar-refractivity contribution in [3.63, 3.8) is 0 Å². The highest BCUT2D eigenvalue weighted by Gasteiger charge is 2.26. The third kappa shape index (κ3) is 3.23. The molecule has 0 aromatic carbocycles. The number of amides is 1. The Bertz CT molecular complexity index is 963. The van der Waals surface area contributed by atoms with Crippen LogP contribution in [0.4, 0.5) is 5.82 Å². The van der Waals surface area contributed by atoms with Crippen LogP contribution in [0.2, 0.25) is 0 Å². The average molecular weight is 338 g/mol. The van der Waals surface area contributed by atoms with Crippen molar-refractivity contribution < 1.29 is 4.79 Å². The molecular weight excluding hydrogens is 320 g/mol. The van der Waals surface area contributed by atoms with Crippen LogP contribution in [0, 0.1) is 0 Å². The van der Waals surface area contributed by atoms with Gasteiger partial charge >= 0.3 is 0 Å². The first-order chi connectivity index (χ1) is 12.2. The Balaban J connectivity index is 1.38. The number of pyridine rings is 1. The van der Waals surface area contributed by atoms with Gasteiger partial charge < -0.3 is 14.8 Å². The average Bonchev–Trinajstić information content (AvgIpc) is 3.26. The summed E-state index contributed by atoms with van der Waals surface area (Å²) in [5, 5.41) is 7.80. The van der Waals surface area contributed by atoms with Crippen LogP contribution in [-0.2, 0) is 11.3 Å². The molecule has 0 bridgehead atoms. The zero-order chi connectivity index (χ0) is 17.2. The zero-order valence-corrected chi connectivity index (χ0v) is 13.6. The van der Waals surface area contributed by atoms with E-state index in [2.05, 4.69) is 15.4 Å². The van der Waals surface area contributed by atoms with E-state index in [1.54, 1.807) is 40.1 Å². The molecule has 128 valence electrons. The molecule has 1 atom stereocenters. The molecule has 1 N–H and O–H groups in total. The molecule has 3 aromatic rings. The van der Waals surface area contributed by atoms with Crippen molar-refractivity contribution in [2.45, 2.75) is 19.0 Å². The number of carbonyl (C=O) groups is 1. The fourth-order valence-corrected chi connectivity index (χ4v) is 3.04. The van der Waals surface area contributed by atoms with E-state index in [0.717, 1.165) is 17.9 Å². The van der Waals surface area contributed by atoms with E-state index in [4.69, 9.17) is 0 Å². The summed E-state index contributed by atoms with van der Waals surface area (Å²) in [6.07, 6.45) is 5.98. The second kappa shape index (κ2) is 6.39. The number of rotatable bonds is 4. The van der Waals surface area contributed by atoms with Crippen LogP contribution in [0.25, 0.3) is 5.65 Å². The molecule has 1 aliphatic heterocycles. The molecule has 1 amide bonds. The van der Waals surface area contributed by atoms with Crippen LogP contribution < -0.4 is 10.9 Å². The van der Waals surface area contributed by atoms with Crippen LogP contribution >= 0.6 is 0 Å². The van der Waals surface area contributed by atoms with Crippen molar-refractivity contribution in [3.05, 3.63) is 59.3 Å². The second-order valence-electron chi connectivity index (χ2n) is 6.09. The van der Waals surface area contributed by atoms with Gasteiger partial charge in [0.15, 0.2) is 5.65 Å². The first-order valence-corrected chi connectivity index (χ1v) is 8.19. The minimum atomic E-state index is -0.164. The van der Waals surface area contributed by atoms with E-state index in [9.17, 15) is 9.59 Å². The normalized spacial score (nSPS) is 17.1. The van der Waals surface area contributed by atoms with Crippen LogP contribution in [0.1, 0.15) is 6.42 Å². The molecular formula is C17H18N6O2. The molecule has 8 nitrogen and oxygen atoms in total. The number of nitrogens with one attached hydrogen (secondary N) is 1. The van der Waals surface area contributed by atoms with E-state index in [-0.39, 0.29) is 24.1 Å². The molecule has 4 heterocycles. The summed E-state index contributed by atoms with van der Waals surface area (Å²) in [6, 6.07) is 8.81. The number of carbonyl (C=O) groups excluding carboxylic acids is 1. The molecule has 0 aliphatic carbocycles. The highest BCUT2D eigenvalue weighted by molar-refractivity contribution is 5.76. The topological polar surface area (TPSA) is 84.5 Å². The summed E-state index contributed by atoms with van der Waals surface area (Å²) >= 11 is 0. The van der Waals surface area contributed by atoms with Crippen molar-refractivity contribution in [1.82, 2.24) is 24.1 Å². The van der Waals surface area contributed by atoms with E-state index in [0.29, 0.717) is 13.1 Å². The summed E-state index contributed by atoms with van der Waals surface area (Å²) < 4.78 is 3.14. The van der Waals surface area contributed by atoms with E-state index in [1.165, 1.54) is 10.6 Å². The standard InChI is InChI=1S/C17H18N6O2/c24-16-3-1-2-8-21(16)12-17(25)22-9-6-13(11-22)19-14-4-5-15-18-7-10-23(15)20-14/h1-5,7-8,10,13H,6,9,11-12H2,(H,19,20). The van der Waals surface area contributed by atoms with Gasteiger partial charge in [-0.3, -0.25) is 9.59 Å². The summed E-state index contributed by atoms with van der Waals surface area (Å²) in [6.45, 7) is 1.35. The highest BCUT2D eigenvalue weighted by Crippen LogP contribution is 2.15. The van der Waals surface area contributed by atoms with Gasteiger partial charge in [-0.15, -0.1) is 5.10 Å². The molecule has 8 heteroatoms. The lowest BCUT2D eigenvalue weighted by atomic mass is 10.2. The monoisotopic (exact) mass is 338 g/mol. The fraction of sp³-hybridized carbons (Fsp3) is 0.294. The molecule has 0 saturated carbocycles. The Hall–Kier alpha value is -3.16. The number of hydrogen-bond donors (Lipinski definition) is 1. The number of imidazole rings is 1. The largest absolute Gasteiger partial charge is 0.364 e. The van der Waals surface area contributed by atoms with Gasteiger partial charge in [0.25, 0.3) is 5.56 Å². The number of nitrogens with zero attached hydrogens (tertiary/aromatic N) is 5. The van der Waals surface area contributed by atoms with E-state index in [1.807, 2.05) is 12.1 Å². The summed E-state index contributed by atoms with van der Waals surface area (Å²) in [5.74, 6) is 0.708. The van der Waals surface area contributed by atoms with Gasteiger partial charge in [0.2, 0.25) is 5.91 Å². The highest BCUT2D eigenvalue weighted by atomic mass is 16.2. The number of anilines is 1. The predicted molar refractivity (Wildman–Crippen MR) is 92.3 cm³/mol. The van der Waals surface area contributed by atoms with E-state index >= 15 is 0 Å². The molecule has 3 aromatic heterocycles. The smallest absolute Gasteiger partial charge is 0.250 e. The molecule has 1 unspecified atom stereocenters. The van der Waals surface area contributed by atoms with Gasteiger partial charge in [-0.25, -0.2) is 9.50 Å². The maximum Gasteiger partial charge on any atom is 0.250 e. The van der Waals surface area contributed by atoms with Gasteiger partial charge in [-0.05, 0) is 24.6 Å². The van der Waals surface area contributed by atoms with Crippen molar-refractivity contribution in [3.8, 4) is 0 Å². The number of likely N-dealkylation sites (tertiary alicyclic amines) is 1. The number of aromatic nitrogens is 4. The van der Waals surface area contributed by atoms with Gasteiger partial charge in [-0.2, -0.15) is 0 Å². The zero-order valence-electron chi connectivity index (χ0n) is 13.6. The quantitative estimate of drug-likeness (QED) is 0.753. The minimum absolute atomic E-state index is 0.0457. The van der Waals surface area contributed by atoms with Crippen molar-refractivity contribution >= 4 is 17.4 Å². The van der Waals surface area contributed by atoms with Crippen LogP contribution in [0.15, 0.2) is 53.7 Å². The van der Waals surface area contributed by atoms with Gasteiger partial charge in [0, 0.05) is 43.8 Å². The second-order valence-corrected chi connectivity index (χ2v) is 6.09. The SMILES string of the molecule is O=C(Cn1ccccc1=O)N1CCC(Nc2ccc3nccn3n2)C1. The Labute approximate surface area is 143 Å². The minimum Gasteiger partial charge on any atom is -0.364 e. The molecule has 0 radical (unpaired) electrons. The van der Waals surface area contributed by atoms with Crippen LogP contribution in [-0.4, -0.2) is 49.1 Å². The van der Waals surface area contributed by atoms with Crippen molar-refractivity contribution in [2.75, 3.05) is 18.4 Å². The summed E-state index contributed by atoms with van der Waals surface area (Å²) in [7, 11) is 0. The maximum absolute atomic E-state index is 12.4. The maximum atomic E-state index is 12.4. The third-order valence-electron chi connectivity index (χ3n) is 4.35. The van der Waals surface area contributed by atoms with Gasteiger partial charge in [0.1, 0.15) is 12.4 Å². The molecule has 1 saturated heterocycles. The van der Waals surface area contributed by atoms with Crippen molar-refractivity contribution in [2.24, 2.45) is 0 Å². The number of hydrogen-bond acceptors (Lipinski definition) is 5. The summed E-state index contributed by atoms with van der Waals surface area (Å²) in [4.78, 5) is 30.1. The molecule has 25 heavy (non-hydrogen) atoms. The molecule has 1 fully saturated rings. The fourth-order valence-electron chi connectivity index (χ4n) is 3.04. The molecule has 1 aliphatic rings. The van der Waals surface area contributed by atoms with Gasteiger partial charge in [-0.1, -0.05) is 6.07 Å². The lowest BCUT2D eigenvalue weighted by Gasteiger charge is -2.18. The predicted octanol–water partition coefficient (Wildman–Crippen LogP) is 0.604. The first-order valence-electron chi connectivity index (χ1n) is 8.19. The lowest BCUT2D eigenvalue weighted by Crippen LogP contribution is -2.36. The third-order valence-corrected chi connectivity index (χ3v) is 4.35. The summed E-state index contributed by atoms with van der Waals surface area (Å²) in [5.41, 5.74) is 0.629.